The van der Waals surface area contributed by atoms with Crippen LogP contribution in [0.15, 0.2) is 53.7 Å². The van der Waals surface area contributed by atoms with E-state index in [4.69, 9.17) is 22.1 Å². The summed E-state index contributed by atoms with van der Waals surface area (Å²) in [5.74, 6) is 0.666. The highest BCUT2D eigenvalue weighted by molar-refractivity contribution is 7.90. The zero-order valence-electron chi connectivity index (χ0n) is 14.1. The van der Waals surface area contributed by atoms with Crippen LogP contribution in [0.3, 0.4) is 0 Å². The number of pyridine rings is 2. The van der Waals surface area contributed by atoms with Gasteiger partial charge in [0, 0.05) is 35.3 Å². The fraction of sp³-hybridized carbons (Fsp3) is 0.111. The van der Waals surface area contributed by atoms with Crippen molar-refractivity contribution in [2.45, 2.75) is 4.90 Å². The third kappa shape index (κ3) is 3.63. The number of nitrogen functional groups attached to an aromatic ring is 1. The van der Waals surface area contributed by atoms with Crippen LogP contribution < -0.4 is 10.5 Å². The van der Waals surface area contributed by atoms with Crippen molar-refractivity contribution in [3.8, 4) is 28.1 Å². The number of methoxy groups -OCH3 is 1. The summed E-state index contributed by atoms with van der Waals surface area (Å²) >= 11 is 6.14. The fourth-order valence-corrected chi connectivity index (χ4v) is 3.36. The molecule has 0 aliphatic heterocycles. The van der Waals surface area contributed by atoms with Crippen LogP contribution in [-0.2, 0) is 9.84 Å². The second-order valence-electron chi connectivity index (χ2n) is 5.67. The van der Waals surface area contributed by atoms with E-state index >= 15 is 0 Å². The van der Waals surface area contributed by atoms with E-state index in [2.05, 4.69) is 9.97 Å². The fourth-order valence-electron chi connectivity index (χ4n) is 2.48. The number of aromatic nitrogens is 2. The van der Waals surface area contributed by atoms with Gasteiger partial charge in [0.1, 0.15) is 10.8 Å². The Morgan fingerprint density at radius 2 is 1.65 bits per heavy atom. The van der Waals surface area contributed by atoms with Gasteiger partial charge in [-0.2, -0.15) is 0 Å². The second kappa shape index (κ2) is 6.93. The first-order valence-corrected chi connectivity index (χ1v) is 9.82. The molecule has 0 radical (unpaired) electrons. The number of nitrogens with two attached hydrogens (primary N) is 1. The molecular weight excluding hydrogens is 374 g/mol. The minimum Gasteiger partial charge on any atom is -0.480 e. The van der Waals surface area contributed by atoms with Crippen molar-refractivity contribution >= 4 is 27.3 Å². The van der Waals surface area contributed by atoms with Gasteiger partial charge in [-0.05, 0) is 29.8 Å². The lowest BCUT2D eigenvalue weighted by Gasteiger charge is -2.10. The molecule has 3 aromatic rings. The lowest BCUT2D eigenvalue weighted by atomic mass is 10.0. The third-order valence-electron chi connectivity index (χ3n) is 3.85. The van der Waals surface area contributed by atoms with E-state index in [9.17, 15) is 8.42 Å². The Bertz CT molecular complexity index is 1070. The average molecular weight is 390 g/mol. The third-order valence-corrected chi connectivity index (χ3v) is 5.25. The van der Waals surface area contributed by atoms with Gasteiger partial charge in [-0.3, -0.25) is 0 Å². The summed E-state index contributed by atoms with van der Waals surface area (Å²) in [7, 11) is -1.75. The Morgan fingerprint density at radius 3 is 2.23 bits per heavy atom. The smallest absolute Gasteiger partial charge is 0.232 e. The Balaban J connectivity index is 2.04. The van der Waals surface area contributed by atoms with Crippen molar-refractivity contribution in [3.63, 3.8) is 0 Å². The van der Waals surface area contributed by atoms with E-state index in [0.29, 0.717) is 27.8 Å². The molecule has 0 bridgehead atoms. The molecule has 134 valence electrons. The van der Waals surface area contributed by atoms with E-state index in [1.165, 1.54) is 13.4 Å². The quantitative estimate of drug-likeness (QED) is 0.734. The summed E-state index contributed by atoms with van der Waals surface area (Å²) in [6, 6.07) is 10.1. The number of hydrogen-bond donors (Lipinski definition) is 1. The zero-order valence-corrected chi connectivity index (χ0v) is 15.7. The molecule has 0 amide bonds. The van der Waals surface area contributed by atoms with Crippen LogP contribution in [0.25, 0.3) is 22.3 Å². The largest absolute Gasteiger partial charge is 0.480 e. The summed E-state index contributed by atoms with van der Waals surface area (Å²) in [6.45, 7) is 0. The highest BCUT2D eigenvalue weighted by atomic mass is 35.5. The van der Waals surface area contributed by atoms with Crippen molar-refractivity contribution in [1.29, 1.82) is 0 Å². The molecular formula is C18H16ClN3O3S. The standard InChI is InChI=1S/C18H16ClN3O3S/c1-25-18-16(19)8-13(10-22-18)15-7-12(9-21-17(15)20)11-3-5-14(6-4-11)26(2,23)24/h3-10H,1-2H3,(H2,20,21). The van der Waals surface area contributed by atoms with Gasteiger partial charge in [0.2, 0.25) is 5.88 Å². The minimum absolute atomic E-state index is 0.260. The predicted molar refractivity (Wildman–Crippen MR) is 102 cm³/mol. The average Bonchev–Trinajstić information content (AvgIpc) is 2.61. The molecule has 0 atom stereocenters. The van der Waals surface area contributed by atoms with Crippen LogP contribution in [0.1, 0.15) is 0 Å². The first-order chi connectivity index (χ1) is 12.3. The van der Waals surface area contributed by atoms with Gasteiger partial charge in [-0.25, -0.2) is 18.4 Å². The number of benzene rings is 1. The minimum atomic E-state index is -3.24. The van der Waals surface area contributed by atoms with Gasteiger partial charge in [0.25, 0.3) is 0 Å². The highest BCUT2D eigenvalue weighted by Gasteiger charge is 2.12. The highest BCUT2D eigenvalue weighted by Crippen LogP contribution is 2.33. The Morgan fingerprint density at radius 1 is 1.00 bits per heavy atom. The molecule has 0 aliphatic carbocycles. The summed E-state index contributed by atoms with van der Waals surface area (Å²) < 4.78 is 28.2. The Labute approximate surface area is 156 Å². The number of anilines is 1. The topological polar surface area (TPSA) is 95.2 Å². The van der Waals surface area contributed by atoms with E-state index in [1.807, 2.05) is 6.07 Å². The molecule has 2 aromatic heterocycles. The van der Waals surface area contributed by atoms with E-state index < -0.39 is 9.84 Å². The van der Waals surface area contributed by atoms with E-state index in [1.54, 1.807) is 42.7 Å². The van der Waals surface area contributed by atoms with Crippen LogP contribution in [0.2, 0.25) is 5.02 Å². The lowest BCUT2D eigenvalue weighted by Crippen LogP contribution is -1.98. The molecule has 0 spiro atoms. The molecule has 0 aliphatic rings. The molecule has 8 heteroatoms. The number of halogens is 1. The molecule has 3 rings (SSSR count). The van der Waals surface area contributed by atoms with Crippen molar-refractivity contribution in [3.05, 3.63) is 53.8 Å². The maximum Gasteiger partial charge on any atom is 0.232 e. The normalized spacial score (nSPS) is 11.3. The van der Waals surface area contributed by atoms with E-state index in [-0.39, 0.29) is 4.90 Å². The van der Waals surface area contributed by atoms with Crippen LogP contribution in [-0.4, -0.2) is 31.8 Å². The van der Waals surface area contributed by atoms with Crippen LogP contribution in [0.5, 0.6) is 5.88 Å². The summed E-state index contributed by atoms with van der Waals surface area (Å²) in [5.41, 5.74) is 9.00. The predicted octanol–water partition coefficient (Wildman–Crippen LogP) is 3.46. The number of rotatable bonds is 4. The number of hydrogen-bond acceptors (Lipinski definition) is 6. The SMILES string of the molecule is COc1ncc(-c2cc(-c3ccc(S(C)(=O)=O)cc3)cnc2N)cc1Cl. The molecule has 0 fully saturated rings. The molecule has 1 aromatic carbocycles. The van der Waals surface area contributed by atoms with Crippen LogP contribution in [0.4, 0.5) is 5.82 Å². The van der Waals surface area contributed by atoms with Crippen LogP contribution >= 0.6 is 11.6 Å². The lowest BCUT2D eigenvalue weighted by molar-refractivity contribution is 0.398. The zero-order chi connectivity index (χ0) is 18.9. The summed E-state index contributed by atoms with van der Waals surface area (Å²) in [6.07, 6.45) is 4.41. The van der Waals surface area contributed by atoms with Crippen LogP contribution in [0, 0.1) is 0 Å². The van der Waals surface area contributed by atoms with Crippen molar-refractivity contribution < 1.29 is 13.2 Å². The van der Waals surface area contributed by atoms with Gasteiger partial charge < -0.3 is 10.5 Å². The Kier molecular flexibility index (Phi) is 4.84. The van der Waals surface area contributed by atoms with Gasteiger partial charge >= 0.3 is 0 Å². The molecule has 0 saturated carbocycles. The first kappa shape index (κ1) is 18.2. The molecule has 0 saturated heterocycles. The molecule has 6 nitrogen and oxygen atoms in total. The van der Waals surface area contributed by atoms with Gasteiger partial charge in [0.05, 0.1) is 12.0 Å². The molecule has 0 unspecified atom stereocenters. The maximum absolute atomic E-state index is 11.6. The second-order valence-corrected chi connectivity index (χ2v) is 8.09. The van der Waals surface area contributed by atoms with Crippen molar-refractivity contribution in [2.75, 3.05) is 19.1 Å². The Hall–Kier alpha value is -2.64. The van der Waals surface area contributed by atoms with Crippen molar-refractivity contribution in [1.82, 2.24) is 9.97 Å². The summed E-state index contributed by atoms with van der Waals surface area (Å²) in [5, 5.41) is 0.368. The maximum atomic E-state index is 11.6. The number of nitrogens with zero attached hydrogens (tertiary/aromatic N) is 2. The number of sulfone groups is 1. The van der Waals surface area contributed by atoms with E-state index in [0.717, 1.165) is 11.1 Å². The van der Waals surface area contributed by atoms with Gasteiger partial charge in [-0.1, -0.05) is 23.7 Å². The first-order valence-electron chi connectivity index (χ1n) is 7.55. The monoisotopic (exact) mass is 389 g/mol. The van der Waals surface area contributed by atoms with Gasteiger partial charge in [0.15, 0.2) is 9.84 Å². The number of ether oxygens (including phenoxy) is 1. The molecule has 2 heterocycles. The molecule has 2 N–H and O–H groups in total. The van der Waals surface area contributed by atoms with Crippen molar-refractivity contribution in [2.24, 2.45) is 0 Å². The molecule has 26 heavy (non-hydrogen) atoms. The van der Waals surface area contributed by atoms with Gasteiger partial charge in [-0.15, -0.1) is 0 Å². The summed E-state index contributed by atoms with van der Waals surface area (Å²) in [4.78, 5) is 8.64.